The first-order chi connectivity index (χ1) is 10.0. The van der Waals surface area contributed by atoms with Gasteiger partial charge in [-0.3, -0.25) is 0 Å². The Labute approximate surface area is 126 Å². The number of thioether (sulfide) groups is 1. The van der Waals surface area contributed by atoms with E-state index in [4.69, 9.17) is 0 Å². The van der Waals surface area contributed by atoms with Gasteiger partial charge in [-0.05, 0) is 37.5 Å². The topological polar surface area (TPSA) is 88.2 Å². The maximum absolute atomic E-state index is 11.3. The molecule has 2 aromatic rings. The minimum Gasteiger partial charge on any atom is -0.478 e. The highest BCUT2D eigenvalue weighted by Crippen LogP contribution is 2.22. The highest BCUT2D eigenvalue weighted by Gasteiger charge is 2.21. The molecule has 2 N–H and O–H groups in total. The molecular formula is C14H17N3O3S. The molecule has 0 aliphatic carbocycles. The zero-order valence-electron chi connectivity index (χ0n) is 11.9. The molecule has 0 spiro atoms. The number of carboxylic acid groups (broad SMARTS) is 1. The number of hydrogen-bond donors (Lipinski definition) is 2. The van der Waals surface area contributed by atoms with Gasteiger partial charge in [0.2, 0.25) is 0 Å². The number of aliphatic hydroxyl groups is 1. The molecule has 0 amide bonds. The number of aromatic carboxylic acids is 1. The van der Waals surface area contributed by atoms with Crippen molar-refractivity contribution in [1.82, 2.24) is 14.8 Å². The molecule has 1 atom stereocenters. The van der Waals surface area contributed by atoms with E-state index in [-0.39, 0.29) is 5.56 Å². The summed E-state index contributed by atoms with van der Waals surface area (Å²) >= 11 is 1.63. The summed E-state index contributed by atoms with van der Waals surface area (Å²) in [6.07, 6.45) is 1.72. The fraction of sp³-hybridized carbons (Fsp3) is 0.357. The van der Waals surface area contributed by atoms with E-state index in [1.807, 2.05) is 6.26 Å². The standard InChI is InChI=1S/C14H17N3O3S/c1-9-15-13(12(18)7-8-21-2)17(16-9)11-6-4-3-5-10(11)14(19)20/h3-6,12,18H,7-8H2,1-2H3,(H,19,20)/t12-/m1/s1. The minimum atomic E-state index is -1.04. The zero-order valence-corrected chi connectivity index (χ0v) is 12.7. The monoisotopic (exact) mass is 307 g/mol. The van der Waals surface area contributed by atoms with Crippen LogP contribution in [0.4, 0.5) is 0 Å². The lowest BCUT2D eigenvalue weighted by atomic mass is 10.1. The van der Waals surface area contributed by atoms with Gasteiger partial charge in [0, 0.05) is 0 Å². The summed E-state index contributed by atoms with van der Waals surface area (Å²) in [5.41, 5.74) is 0.532. The van der Waals surface area contributed by atoms with Crippen molar-refractivity contribution < 1.29 is 15.0 Å². The molecule has 2 rings (SSSR count). The van der Waals surface area contributed by atoms with E-state index in [0.717, 1.165) is 5.75 Å². The molecule has 6 nitrogen and oxygen atoms in total. The van der Waals surface area contributed by atoms with Crippen LogP contribution >= 0.6 is 11.8 Å². The fourth-order valence-electron chi connectivity index (χ4n) is 2.02. The molecular weight excluding hydrogens is 290 g/mol. The third-order valence-corrected chi connectivity index (χ3v) is 3.64. The maximum atomic E-state index is 11.3. The predicted molar refractivity (Wildman–Crippen MR) is 81.0 cm³/mol. The van der Waals surface area contributed by atoms with Gasteiger partial charge in [0.15, 0.2) is 5.82 Å². The van der Waals surface area contributed by atoms with E-state index in [0.29, 0.717) is 23.8 Å². The van der Waals surface area contributed by atoms with E-state index in [1.54, 1.807) is 36.9 Å². The van der Waals surface area contributed by atoms with Crippen LogP contribution in [0.2, 0.25) is 0 Å². The lowest BCUT2D eigenvalue weighted by molar-refractivity contribution is 0.0696. The van der Waals surface area contributed by atoms with Gasteiger partial charge in [-0.2, -0.15) is 16.9 Å². The van der Waals surface area contributed by atoms with Gasteiger partial charge < -0.3 is 10.2 Å². The van der Waals surface area contributed by atoms with Crippen LogP contribution in [0.15, 0.2) is 24.3 Å². The van der Waals surface area contributed by atoms with Crippen molar-refractivity contribution in [3.8, 4) is 5.69 Å². The average molecular weight is 307 g/mol. The Morgan fingerprint density at radius 2 is 2.14 bits per heavy atom. The number of rotatable bonds is 6. The normalized spacial score (nSPS) is 12.3. The Kier molecular flexibility index (Phi) is 4.98. The van der Waals surface area contributed by atoms with Gasteiger partial charge in [-0.25, -0.2) is 14.5 Å². The fourth-order valence-corrected chi connectivity index (χ4v) is 2.48. The molecule has 0 bridgehead atoms. The first kappa shape index (κ1) is 15.5. The van der Waals surface area contributed by atoms with Crippen LogP contribution in [0.3, 0.4) is 0 Å². The molecule has 0 unspecified atom stereocenters. The number of para-hydroxylation sites is 1. The molecule has 112 valence electrons. The Balaban J connectivity index is 2.47. The predicted octanol–water partition coefficient (Wildman–Crippen LogP) is 2.06. The summed E-state index contributed by atoms with van der Waals surface area (Å²) < 4.78 is 1.42. The van der Waals surface area contributed by atoms with Crippen LogP contribution in [0.5, 0.6) is 0 Å². The Hall–Kier alpha value is -1.86. The summed E-state index contributed by atoms with van der Waals surface area (Å²) in [6.45, 7) is 1.71. The molecule has 0 radical (unpaired) electrons. The number of carboxylic acids is 1. The summed E-state index contributed by atoms with van der Waals surface area (Å²) in [4.78, 5) is 15.6. The van der Waals surface area contributed by atoms with Crippen molar-refractivity contribution in [3.63, 3.8) is 0 Å². The van der Waals surface area contributed by atoms with Crippen LogP contribution in [0.25, 0.3) is 5.69 Å². The van der Waals surface area contributed by atoms with E-state index < -0.39 is 12.1 Å². The molecule has 0 saturated heterocycles. The third-order valence-electron chi connectivity index (χ3n) is 2.99. The summed E-state index contributed by atoms with van der Waals surface area (Å²) in [5, 5.41) is 23.8. The number of aliphatic hydroxyl groups excluding tert-OH is 1. The Morgan fingerprint density at radius 1 is 1.43 bits per heavy atom. The van der Waals surface area contributed by atoms with Crippen molar-refractivity contribution >= 4 is 17.7 Å². The summed E-state index contributed by atoms with van der Waals surface area (Å²) in [6, 6.07) is 6.55. The highest BCUT2D eigenvalue weighted by atomic mass is 32.2. The number of aromatic nitrogens is 3. The molecule has 0 saturated carbocycles. The first-order valence-electron chi connectivity index (χ1n) is 6.48. The molecule has 7 heteroatoms. The van der Waals surface area contributed by atoms with E-state index >= 15 is 0 Å². The van der Waals surface area contributed by atoms with Crippen LogP contribution in [0.1, 0.15) is 34.5 Å². The van der Waals surface area contributed by atoms with Crippen molar-refractivity contribution in [2.24, 2.45) is 0 Å². The summed E-state index contributed by atoms with van der Waals surface area (Å²) in [5.74, 6) is 0.611. The number of benzene rings is 1. The Bertz CT molecular complexity index is 642. The van der Waals surface area contributed by atoms with Gasteiger partial charge >= 0.3 is 5.97 Å². The highest BCUT2D eigenvalue weighted by molar-refractivity contribution is 7.98. The second kappa shape index (κ2) is 6.73. The van der Waals surface area contributed by atoms with Crippen molar-refractivity contribution in [2.45, 2.75) is 19.4 Å². The van der Waals surface area contributed by atoms with Gasteiger partial charge in [-0.15, -0.1) is 0 Å². The van der Waals surface area contributed by atoms with Crippen LogP contribution in [-0.4, -0.2) is 43.0 Å². The van der Waals surface area contributed by atoms with Crippen LogP contribution < -0.4 is 0 Å². The van der Waals surface area contributed by atoms with Crippen molar-refractivity contribution in [1.29, 1.82) is 0 Å². The number of aryl methyl sites for hydroxylation is 1. The van der Waals surface area contributed by atoms with E-state index in [2.05, 4.69) is 10.1 Å². The van der Waals surface area contributed by atoms with Crippen LogP contribution in [-0.2, 0) is 0 Å². The Morgan fingerprint density at radius 3 is 2.81 bits per heavy atom. The molecule has 0 aliphatic heterocycles. The van der Waals surface area contributed by atoms with Gasteiger partial charge in [-0.1, -0.05) is 12.1 Å². The quantitative estimate of drug-likeness (QED) is 0.849. The molecule has 1 heterocycles. The van der Waals surface area contributed by atoms with E-state index in [1.165, 1.54) is 10.7 Å². The first-order valence-corrected chi connectivity index (χ1v) is 7.87. The van der Waals surface area contributed by atoms with Gasteiger partial charge in [0.1, 0.15) is 11.9 Å². The lowest BCUT2D eigenvalue weighted by Crippen LogP contribution is -2.13. The van der Waals surface area contributed by atoms with Gasteiger partial charge in [0.25, 0.3) is 0 Å². The second-order valence-electron chi connectivity index (χ2n) is 4.55. The molecule has 0 fully saturated rings. The molecule has 0 aliphatic rings. The number of hydrogen-bond acceptors (Lipinski definition) is 5. The van der Waals surface area contributed by atoms with Gasteiger partial charge in [0.05, 0.1) is 11.3 Å². The smallest absolute Gasteiger partial charge is 0.337 e. The molecule has 1 aromatic carbocycles. The lowest BCUT2D eigenvalue weighted by Gasteiger charge is -2.12. The zero-order chi connectivity index (χ0) is 15.4. The van der Waals surface area contributed by atoms with Crippen LogP contribution in [0, 0.1) is 6.92 Å². The minimum absolute atomic E-state index is 0.126. The molecule has 1 aromatic heterocycles. The number of nitrogens with zero attached hydrogens (tertiary/aromatic N) is 3. The average Bonchev–Trinajstić information content (AvgIpc) is 2.86. The molecule has 21 heavy (non-hydrogen) atoms. The summed E-state index contributed by atoms with van der Waals surface area (Å²) in [7, 11) is 0. The van der Waals surface area contributed by atoms with E-state index in [9.17, 15) is 15.0 Å². The maximum Gasteiger partial charge on any atom is 0.337 e. The van der Waals surface area contributed by atoms with Crippen molar-refractivity contribution in [2.75, 3.05) is 12.0 Å². The largest absolute Gasteiger partial charge is 0.478 e. The second-order valence-corrected chi connectivity index (χ2v) is 5.53. The van der Waals surface area contributed by atoms with Crippen molar-refractivity contribution in [3.05, 3.63) is 41.5 Å². The SMILES string of the molecule is CSCC[C@@H](O)c1nc(C)nn1-c1ccccc1C(=O)O. The number of carbonyl (C=O) groups is 1. The third kappa shape index (κ3) is 3.43.